The summed E-state index contributed by atoms with van der Waals surface area (Å²) < 4.78 is 17.0. The number of aliphatic hydroxyl groups is 2. The summed E-state index contributed by atoms with van der Waals surface area (Å²) in [5.41, 5.74) is 0.686. The molecule has 0 saturated carbocycles. The van der Waals surface area contributed by atoms with Gasteiger partial charge < -0.3 is 23.8 Å². The van der Waals surface area contributed by atoms with Crippen molar-refractivity contribution in [1.29, 1.82) is 0 Å². The summed E-state index contributed by atoms with van der Waals surface area (Å²) in [6, 6.07) is 13.5. The topological polar surface area (TPSA) is 89.1 Å². The van der Waals surface area contributed by atoms with Crippen molar-refractivity contribution in [3.05, 3.63) is 54.0 Å². The van der Waals surface area contributed by atoms with Crippen LogP contribution in [0.3, 0.4) is 0 Å². The zero-order valence-electron chi connectivity index (χ0n) is 17.8. The molecule has 2 unspecified atom stereocenters. The number of hydrogen-bond acceptors (Lipinski definition) is 6. The number of furan rings is 1. The van der Waals surface area contributed by atoms with E-state index < -0.39 is 26.5 Å². The van der Waals surface area contributed by atoms with Gasteiger partial charge in [0.15, 0.2) is 6.10 Å². The van der Waals surface area contributed by atoms with E-state index in [0.717, 1.165) is 0 Å². The molecule has 2 atom stereocenters. The predicted molar refractivity (Wildman–Crippen MR) is 113 cm³/mol. The first kappa shape index (κ1) is 23.3. The number of carbonyl (C=O) groups is 1. The molecule has 29 heavy (non-hydrogen) atoms. The maximum absolute atomic E-state index is 11.6. The lowest BCUT2D eigenvalue weighted by Crippen LogP contribution is -2.55. The van der Waals surface area contributed by atoms with Crippen LogP contribution < -0.4 is 5.19 Å². The van der Waals surface area contributed by atoms with Crippen molar-refractivity contribution in [2.24, 2.45) is 0 Å². The van der Waals surface area contributed by atoms with Gasteiger partial charge in [-0.25, -0.2) is 4.79 Å². The van der Waals surface area contributed by atoms with Crippen molar-refractivity contribution >= 4 is 19.5 Å². The number of esters is 1. The number of hydrogen-bond donors (Lipinski definition) is 2. The van der Waals surface area contributed by atoms with Crippen LogP contribution in [0.2, 0.25) is 11.1 Å². The van der Waals surface area contributed by atoms with Crippen molar-refractivity contribution in [2.75, 3.05) is 6.61 Å². The summed E-state index contributed by atoms with van der Waals surface area (Å²) >= 11 is 0. The highest BCUT2D eigenvalue weighted by molar-refractivity contribution is 6.88. The van der Waals surface area contributed by atoms with Crippen LogP contribution in [0.5, 0.6) is 0 Å². The second-order valence-corrected chi connectivity index (χ2v) is 12.5. The van der Waals surface area contributed by atoms with Crippen LogP contribution in [0, 0.1) is 0 Å². The van der Waals surface area contributed by atoms with E-state index in [2.05, 4.69) is 39.8 Å². The van der Waals surface area contributed by atoms with Gasteiger partial charge in [0, 0.05) is 0 Å². The van der Waals surface area contributed by atoms with Crippen LogP contribution in [0.1, 0.15) is 52.2 Å². The first-order chi connectivity index (χ1) is 13.7. The molecular weight excluding hydrogens is 388 g/mol. The molecule has 1 aromatic heterocycles. The molecule has 0 bridgehead atoms. The number of rotatable bonds is 10. The van der Waals surface area contributed by atoms with Crippen LogP contribution in [-0.4, -0.2) is 37.2 Å². The Morgan fingerprint density at radius 3 is 2.21 bits per heavy atom. The Hall–Kier alpha value is -1.93. The molecule has 0 amide bonds. The van der Waals surface area contributed by atoms with Crippen molar-refractivity contribution in [3.63, 3.8) is 0 Å². The Bertz CT molecular complexity index is 763. The molecule has 0 spiro atoms. The van der Waals surface area contributed by atoms with E-state index >= 15 is 0 Å². The maximum Gasteiger partial charge on any atom is 0.338 e. The van der Waals surface area contributed by atoms with E-state index in [9.17, 15) is 15.0 Å². The lowest BCUT2D eigenvalue weighted by Gasteiger charge is -2.38. The monoisotopic (exact) mass is 420 g/mol. The fraction of sp³-hybridized carbons (Fsp3) is 0.500. The molecule has 0 fully saturated rings. The first-order valence-corrected chi connectivity index (χ1v) is 12.1. The molecule has 1 aromatic carbocycles. The number of aliphatic hydroxyl groups excluding tert-OH is 2. The smallest absolute Gasteiger partial charge is 0.338 e. The highest BCUT2D eigenvalue weighted by atomic mass is 28.4. The van der Waals surface area contributed by atoms with Gasteiger partial charge in [0.25, 0.3) is 0 Å². The van der Waals surface area contributed by atoms with E-state index in [4.69, 9.17) is 13.6 Å². The fourth-order valence-electron chi connectivity index (χ4n) is 3.78. The third-order valence-electron chi connectivity index (χ3n) is 5.19. The number of benzene rings is 1. The molecule has 0 aliphatic heterocycles. The van der Waals surface area contributed by atoms with Crippen LogP contribution in [0.25, 0.3) is 0 Å². The average molecular weight is 421 g/mol. The number of ether oxygens (including phenoxy) is 1. The van der Waals surface area contributed by atoms with E-state index in [1.807, 2.05) is 18.2 Å². The summed E-state index contributed by atoms with van der Waals surface area (Å²) in [6.07, 6.45) is -3.19. The lowest BCUT2D eigenvalue weighted by atomic mass is 10.1. The molecule has 2 rings (SSSR count). The van der Waals surface area contributed by atoms with Gasteiger partial charge >= 0.3 is 5.97 Å². The minimum Gasteiger partial charge on any atom is -0.464 e. The minimum absolute atomic E-state index is 0.102. The van der Waals surface area contributed by atoms with Gasteiger partial charge in [0.2, 0.25) is 8.32 Å². The summed E-state index contributed by atoms with van der Waals surface area (Å²) in [4.78, 5) is 11.6. The molecular formula is C22H32O6Si. The van der Waals surface area contributed by atoms with E-state index in [1.165, 1.54) is 5.19 Å². The SMILES string of the molecule is CCOC(=O)C(O)C(O)c1ccc(CO[Si](c2ccccc2)(C(C)C)C(C)C)o1. The summed E-state index contributed by atoms with van der Waals surface area (Å²) in [5, 5.41) is 21.4. The van der Waals surface area contributed by atoms with Crippen LogP contribution in [0.15, 0.2) is 46.9 Å². The quantitative estimate of drug-likeness (QED) is 0.452. The standard InChI is InChI=1S/C22H32O6Si/c1-6-26-22(25)21(24)20(23)19-13-12-17(28-19)14-27-29(15(2)3,16(4)5)18-10-8-7-9-11-18/h7-13,15-16,20-21,23-24H,6,14H2,1-5H3. The fourth-order valence-corrected chi connectivity index (χ4v) is 8.38. The average Bonchev–Trinajstić information content (AvgIpc) is 3.17. The van der Waals surface area contributed by atoms with Crippen LogP contribution in [-0.2, 0) is 20.6 Å². The van der Waals surface area contributed by atoms with E-state index in [-0.39, 0.29) is 19.0 Å². The Morgan fingerprint density at radius 1 is 1.03 bits per heavy atom. The lowest BCUT2D eigenvalue weighted by molar-refractivity contribution is -0.160. The zero-order chi connectivity index (χ0) is 21.6. The zero-order valence-corrected chi connectivity index (χ0v) is 18.8. The molecule has 0 aliphatic carbocycles. The summed E-state index contributed by atoms with van der Waals surface area (Å²) in [6.45, 7) is 10.7. The first-order valence-electron chi connectivity index (χ1n) is 10.0. The number of carbonyl (C=O) groups excluding carboxylic acids is 1. The molecule has 0 radical (unpaired) electrons. The summed E-state index contributed by atoms with van der Waals surface area (Å²) in [7, 11) is -2.32. The Morgan fingerprint density at radius 2 is 1.66 bits per heavy atom. The third-order valence-corrected chi connectivity index (χ3v) is 10.5. The molecule has 2 N–H and O–H groups in total. The van der Waals surface area contributed by atoms with E-state index in [0.29, 0.717) is 16.8 Å². The van der Waals surface area contributed by atoms with Gasteiger partial charge in [-0.2, -0.15) is 0 Å². The van der Waals surface area contributed by atoms with Crippen molar-refractivity contribution in [3.8, 4) is 0 Å². The molecule has 2 aromatic rings. The highest BCUT2D eigenvalue weighted by Crippen LogP contribution is 2.34. The predicted octanol–water partition coefficient (Wildman–Crippen LogP) is 3.43. The largest absolute Gasteiger partial charge is 0.464 e. The normalized spacial score (nSPS) is 14.2. The second-order valence-electron chi connectivity index (χ2n) is 7.70. The van der Waals surface area contributed by atoms with Gasteiger partial charge in [-0.15, -0.1) is 0 Å². The van der Waals surface area contributed by atoms with Crippen LogP contribution in [0.4, 0.5) is 0 Å². The minimum atomic E-state index is -2.32. The second kappa shape index (κ2) is 10.2. The molecule has 0 aliphatic rings. The van der Waals surface area contributed by atoms with Crippen molar-refractivity contribution < 1.29 is 28.6 Å². The Kier molecular flexibility index (Phi) is 8.21. The molecule has 7 heteroatoms. The van der Waals surface area contributed by atoms with Gasteiger partial charge in [0.1, 0.15) is 17.6 Å². The molecule has 160 valence electrons. The van der Waals surface area contributed by atoms with Crippen LogP contribution >= 0.6 is 0 Å². The Labute approximate surface area is 173 Å². The Balaban J connectivity index is 2.18. The van der Waals surface area contributed by atoms with Gasteiger partial charge in [-0.1, -0.05) is 58.0 Å². The maximum atomic E-state index is 11.6. The molecule has 6 nitrogen and oxygen atoms in total. The third kappa shape index (κ3) is 5.16. The van der Waals surface area contributed by atoms with Crippen molar-refractivity contribution in [2.45, 2.75) is 64.5 Å². The van der Waals surface area contributed by atoms with Crippen molar-refractivity contribution in [1.82, 2.24) is 0 Å². The summed E-state index contributed by atoms with van der Waals surface area (Å²) in [5.74, 6) is -0.251. The molecule has 1 heterocycles. The van der Waals surface area contributed by atoms with E-state index in [1.54, 1.807) is 19.1 Å². The van der Waals surface area contributed by atoms with Gasteiger partial charge in [-0.3, -0.25) is 0 Å². The van der Waals surface area contributed by atoms with Gasteiger partial charge in [0.05, 0.1) is 13.2 Å². The van der Waals surface area contributed by atoms with Gasteiger partial charge in [-0.05, 0) is 35.3 Å². The highest BCUT2D eigenvalue weighted by Gasteiger charge is 2.44. The molecule has 0 saturated heterocycles.